The molecule has 0 radical (unpaired) electrons. The fraction of sp³-hybridized carbons (Fsp3) is 0.667. The van der Waals surface area contributed by atoms with Gasteiger partial charge in [0.15, 0.2) is 5.03 Å². The molecule has 0 spiro atoms. The number of nitrogens with zero attached hydrogens (tertiary/aromatic N) is 6. The summed E-state index contributed by atoms with van der Waals surface area (Å²) in [6, 6.07) is 0. The molecule has 1 saturated carbocycles. The van der Waals surface area contributed by atoms with Crippen LogP contribution in [0.15, 0.2) is 17.6 Å². The van der Waals surface area contributed by atoms with Crippen molar-refractivity contribution in [1.82, 2.24) is 23.8 Å². The van der Waals surface area contributed by atoms with E-state index in [0.29, 0.717) is 13.1 Å². The van der Waals surface area contributed by atoms with Crippen molar-refractivity contribution in [2.75, 3.05) is 31.1 Å². The van der Waals surface area contributed by atoms with E-state index < -0.39 is 10.0 Å². The third kappa shape index (κ3) is 3.73. The molecule has 1 atom stereocenters. The minimum absolute atomic E-state index is 0.0194. The first-order valence-corrected chi connectivity index (χ1v) is 12.5. The predicted octanol–water partition coefficient (Wildman–Crippen LogP) is 2.25. The molecule has 2 aromatic heterocycles. The van der Waals surface area contributed by atoms with Crippen LogP contribution in [0.1, 0.15) is 55.1 Å². The fourth-order valence-corrected chi connectivity index (χ4v) is 6.20. The molecule has 8 nitrogen and oxygen atoms in total. The number of hydrogen-bond acceptors (Lipinski definition) is 6. The van der Waals surface area contributed by atoms with Crippen LogP contribution in [0.5, 0.6) is 0 Å². The summed E-state index contributed by atoms with van der Waals surface area (Å²) in [5.41, 5.74) is 2.33. The van der Waals surface area contributed by atoms with Crippen LogP contribution in [0, 0.1) is 12.8 Å². The van der Waals surface area contributed by atoms with E-state index in [1.807, 2.05) is 0 Å². The minimum atomic E-state index is -3.59. The molecular weight excluding hydrogens is 400 g/mol. The van der Waals surface area contributed by atoms with E-state index in [1.165, 1.54) is 24.7 Å². The van der Waals surface area contributed by atoms with Gasteiger partial charge >= 0.3 is 0 Å². The molecule has 2 fully saturated rings. The molecule has 1 aliphatic carbocycles. The monoisotopic (exact) mass is 430 g/mol. The number of fused-ring (bicyclic) bond motifs is 1. The highest BCUT2D eigenvalue weighted by Gasteiger charge is 2.35. The molecule has 0 aromatic carbocycles. The number of sulfonamides is 1. The van der Waals surface area contributed by atoms with Crippen LogP contribution in [0.2, 0.25) is 0 Å². The molecule has 4 heterocycles. The van der Waals surface area contributed by atoms with Crippen LogP contribution in [-0.4, -0.2) is 58.4 Å². The highest BCUT2D eigenvalue weighted by atomic mass is 32.2. The summed E-state index contributed by atoms with van der Waals surface area (Å²) in [4.78, 5) is 16.4. The highest BCUT2D eigenvalue weighted by molar-refractivity contribution is 7.89. The summed E-state index contributed by atoms with van der Waals surface area (Å²) < 4.78 is 29.3. The fourth-order valence-electron chi connectivity index (χ4n) is 4.71. The van der Waals surface area contributed by atoms with Gasteiger partial charge in [-0.1, -0.05) is 0 Å². The average Bonchev–Trinajstić information content (AvgIpc) is 3.45. The van der Waals surface area contributed by atoms with Gasteiger partial charge < -0.3 is 9.47 Å². The third-order valence-electron chi connectivity index (χ3n) is 6.57. The Morgan fingerprint density at radius 3 is 2.70 bits per heavy atom. The van der Waals surface area contributed by atoms with Crippen molar-refractivity contribution in [1.29, 1.82) is 0 Å². The Morgan fingerprint density at radius 1 is 1.13 bits per heavy atom. The van der Waals surface area contributed by atoms with Crippen LogP contribution in [-0.2, 0) is 23.5 Å². The molecular formula is C21H30N6O2S. The van der Waals surface area contributed by atoms with Crippen molar-refractivity contribution >= 4 is 15.8 Å². The molecule has 0 N–H and O–H groups in total. The van der Waals surface area contributed by atoms with Crippen LogP contribution in [0.3, 0.4) is 0 Å². The number of piperidine rings is 1. The van der Waals surface area contributed by atoms with E-state index in [4.69, 9.17) is 9.97 Å². The summed E-state index contributed by atoms with van der Waals surface area (Å²) in [7, 11) is -1.81. The van der Waals surface area contributed by atoms with Crippen molar-refractivity contribution in [3.63, 3.8) is 0 Å². The second kappa shape index (κ2) is 7.60. The Labute approximate surface area is 178 Å². The third-order valence-corrected chi connectivity index (χ3v) is 8.32. The van der Waals surface area contributed by atoms with Gasteiger partial charge in [-0.15, -0.1) is 0 Å². The summed E-state index contributed by atoms with van der Waals surface area (Å²) in [5, 5.41) is 0.115. The topological polar surface area (TPSA) is 84.2 Å². The SMILES string of the molecule is Cc1nc([C@@H]2CCCN(S(=O)(=O)c3cn(C)cn3)C2)nc2c1CCCN2CC1CC1. The quantitative estimate of drug-likeness (QED) is 0.723. The first kappa shape index (κ1) is 19.9. The summed E-state index contributed by atoms with van der Waals surface area (Å²) in [6.07, 6.45) is 9.65. The van der Waals surface area contributed by atoms with Gasteiger partial charge in [0, 0.05) is 56.6 Å². The van der Waals surface area contributed by atoms with Crippen molar-refractivity contribution in [2.24, 2.45) is 13.0 Å². The van der Waals surface area contributed by atoms with Gasteiger partial charge in [-0.2, -0.15) is 4.31 Å². The van der Waals surface area contributed by atoms with E-state index in [2.05, 4.69) is 16.8 Å². The molecule has 2 aliphatic heterocycles. The number of aryl methyl sites for hydroxylation is 2. The Morgan fingerprint density at radius 2 is 1.97 bits per heavy atom. The van der Waals surface area contributed by atoms with E-state index in [0.717, 1.165) is 62.0 Å². The molecule has 30 heavy (non-hydrogen) atoms. The molecule has 5 rings (SSSR count). The maximum Gasteiger partial charge on any atom is 0.262 e. The summed E-state index contributed by atoms with van der Waals surface area (Å²) in [6.45, 7) is 5.17. The zero-order chi connectivity index (χ0) is 20.9. The van der Waals surface area contributed by atoms with Crippen molar-refractivity contribution in [3.8, 4) is 0 Å². The molecule has 0 unspecified atom stereocenters. The summed E-state index contributed by atoms with van der Waals surface area (Å²) in [5.74, 6) is 2.73. The maximum absolute atomic E-state index is 13.1. The van der Waals surface area contributed by atoms with Gasteiger partial charge in [0.2, 0.25) is 0 Å². The standard InChI is InChI=1S/C21H30N6O2S/c1-15-18-6-4-9-26(11-16-7-8-16)21(18)24-20(23-15)17-5-3-10-27(12-17)30(28,29)19-13-25(2)14-22-19/h13-14,16-17H,3-12H2,1-2H3/t17-/m1/s1. The summed E-state index contributed by atoms with van der Waals surface area (Å²) >= 11 is 0. The van der Waals surface area contributed by atoms with Crippen LogP contribution in [0.25, 0.3) is 0 Å². The van der Waals surface area contributed by atoms with Gasteiger partial charge in [0.1, 0.15) is 11.6 Å². The van der Waals surface area contributed by atoms with E-state index >= 15 is 0 Å². The lowest BCUT2D eigenvalue weighted by Crippen LogP contribution is -2.40. The molecule has 3 aliphatic rings. The lowest BCUT2D eigenvalue weighted by molar-refractivity contribution is 0.308. The average molecular weight is 431 g/mol. The van der Waals surface area contributed by atoms with Gasteiger partial charge in [0.05, 0.1) is 6.33 Å². The minimum Gasteiger partial charge on any atom is -0.356 e. The Kier molecular flexibility index (Phi) is 5.05. The van der Waals surface area contributed by atoms with Crippen molar-refractivity contribution < 1.29 is 8.42 Å². The number of hydrogen-bond donors (Lipinski definition) is 0. The molecule has 1 saturated heterocycles. The predicted molar refractivity (Wildman–Crippen MR) is 114 cm³/mol. The molecule has 162 valence electrons. The second-order valence-electron chi connectivity index (χ2n) is 9.04. The second-order valence-corrected chi connectivity index (χ2v) is 10.9. The van der Waals surface area contributed by atoms with Gasteiger partial charge in [-0.3, -0.25) is 0 Å². The number of anilines is 1. The number of rotatable bonds is 5. The molecule has 0 bridgehead atoms. The molecule has 2 aromatic rings. The van der Waals surface area contributed by atoms with Gasteiger partial charge in [-0.25, -0.2) is 23.4 Å². The normalized spacial score (nSPS) is 22.9. The maximum atomic E-state index is 13.1. The van der Waals surface area contributed by atoms with E-state index in [9.17, 15) is 8.42 Å². The lowest BCUT2D eigenvalue weighted by atomic mass is 9.97. The van der Waals surface area contributed by atoms with Gasteiger partial charge in [-0.05, 0) is 51.4 Å². The van der Waals surface area contributed by atoms with Gasteiger partial charge in [0.25, 0.3) is 10.0 Å². The molecule has 9 heteroatoms. The lowest BCUT2D eigenvalue weighted by Gasteiger charge is -2.34. The smallest absolute Gasteiger partial charge is 0.262 e. The van der Waals surface area contributed by atoms with Crippen LogP contribution >= 0.6 is 0 Å². The zero-order valence-electron chi connectivity index (χ0n) is 17.8. The largest absolute Gasteiger partial charge is 0.356 e. The number of imidazole rings is 1. The Balaban J connectivity index is 1.42. The van der Waals surface area contributed by atoms with E-state index in [-0.39, 0.29) is 10.9 Å². The Hall–Kier alpha value is -2.00. The Bertz CT molecular complexity index is 1050. The zero-order valence-corrected chi connectivity index (χ0v) is 18.6. The van der Waals surface area contributed by atoms with Crippen LogP contribution in [0.4, 0.5) is 5.82 Å². The molecule has 0 amide bonds. The van der Waals surface area contributed by atoms with E-state index in [1.54, 1.807) is 22.1 Å². The van der Waals surface area contributed by atoms with Crippen LogP contribution < -0.4 is 4.90 Å². The highest BCUT2D eigenvalue weighted by Crippen LogP contribution is 2.36. The number of aromatic nitrogens is 4. The first-order chi connectivity index (χ1) is 14.4. The van der Waals surface area contributed by atoms with Crippen molar-refractivity contribution in [3.05, 3.63) is 29.6 Å². The first-order valence-electron chi connectivity index (χ1n) is 11.0. The van der Waals surface area contributed by atoms with Crippen molar-refractivity contribution in [2.45, 2.75) is 56.4 Å².